The summed E-state index contributed by atoms with van der Waals surface area (Å²) in [6.07, 6.45) is 5.74. The molecule has 4 heterocycles. The highest BCUT2D eigenvalue weighted by atomic mass is 35.5. The van der Waals surface area contributed by atoms with Crippen LogP contribution in [-0.2, 0) is 38.3 Å². The van der Waals surface area contributed by atoms with Crippen molar-refractivity contribution in [3.8, 4) is 0 Å². The summed E-state index contributed by atoms with van der Waals surface area (Å²) in [7, 11) is 0. The molecule has 0 radical (unpaired) electrons. The molecule has 8 nitrogen and oxygen atoms in total. The summed E-state index contributed by atoms with van der Waals surface area (Å²) < 4.78 is 24.6. The van der Waals surface area contributed by atoms with Gasteiger partial charge in [0.05, 0.1) is 0 Å². The van der Waals surface area contributed by atoms with Crippen molar-refractivity contribution in [2.24, 2.45) is 23.7 Å². The number of esters is 2. The first kappa shape index (κ1) is 30.3. The van der Waals surface area contributed by atoms with Gasteiger partial charge in [-0.3, -0.25) is 0 Å². The minimum absolute atomic E-state index is 0.0727. The predicted octanol–water partition coefficient (Wildman–Crippen LogP) is 6.99. The van der Waals surface area contributed by atoms with E-state index in [-0.39, 0.29) is 23.7 Å². The Morgan fingerprint density at radius 3 is 2.02 bits per heavy atom. The van der Waals surface area contributed by atoms with Crippen LogP contribution in [0.1, 0.15) is 51.2 Å². The Hall–Kier alpha value is -2.72. The summed E-state index contributed by atoms with van der Waals surface area (Å²) in [5.41, 5.74) is 0.697. The van der Waals surface area contributed by atoms with Gasteiger partial charge in [-0.1, -0.05) is 61.3 Å². The second-order valence-corrected chi connectivity index (χ2v) is 12.9. The fourth-order valence-electron chi connectivity index (χ4n) is 6.92. The molecule has 1 spiro atoms. The smallest absolute Gasteiger partial charge is 0.333 e. The third kappa shape index (κ3) is 6.01. The van der Waals surface area contributed by atoms with Gasteiger partial charge in [0, 0.05) is 46.4 Å². The fourth-order valence-corrected chi connectivity index (χ4v) is 7.17. The summed E-state index contributed by atoms with van der Waals surface area (Å²) >= 11 is 11.9. The zero-order valence-electron chi connectivity index (χ0n) is 24.1. The van der Waals surface area contributed by atoms with Crippen LogP contribution < -0.4 is 0 Å². The Morgan fingerprint density at radius 2 is 1.42 bits per heavy atom. The van der Waals surface area contributed by atoms with Gasteiger partial charge in [0.15, 0.2) is 11.9 Å². The van der Waals surface area contributed by atoms with Crippen molar-refractivity contribution in [2.75, 3.05) is 0 Å². The summed E-state index contributed by atoms with van der Waals surface area (Å²) in [6.45, 7) is 5.83. The molecule has 5 aliphatic rings. The van der Waals surface area contributed by atoms with Crippen molar-refractivity contribution in [3.05, 3.63) is 81.9 Å². The fraction of sp³-hybridized carbons (Fsp3) is 0.455. The van der Waals surface area contributed by atoms with Crippen molar-refractivity contribution in [3.63, 3.8) is 0 Å². The minimum Gasteiger partial charge on any atom is -0.459 e. The van der Waals surface area contributed by atoms with Crippen molar-refractivity contribution in [1.82, 2.24) is 0 Å². The lowest BCUT2D eigenvalue weighted by Crippen LogP contribution is -2.72. The average molecular weight is 630 g/mol. The van der Waals surface area contributed by atoms with Crippen LogP contribution in [0.4, 0.5) is 0 Å². The van der Waals surface area contributed by atoms with Gasteiger partial charge in [-0.05, 0) is 73.2 Å². The number of hydrogen-bond donors (Lipinski definition) is 0. The van der Waals surface area contributed by atoms with Crippen LogP contribution in [0.25, 0.3) is 12.2 Å². The van der Waals surface area contributed by atoms with E-state index in [9.17, 15) is 9.59 Å². The number of fused-ring (bicyclic) bond motifs is 2. The van der Waals surface area contributed by atoms with E-state index in [2.05, 4.69) is 6.92 Å². The van der Waals surface area contributed by atoms with E-state index in [1.807, 2.05) is 26.0 Å². The molecular weight excluding hydrogens is 595 g/mol. The molecular formula is C33H34Cl2O8. The molecule has 1 saturated carbocycles. The molecule has 0 aromatic heterocycles. The first-order valence-corrected chi connectivity index (χ1v) is 15.3. The highest BCUT2D eigenvalue weighted by Crippen LogP contribution is 2.61. The third-order valence-corrected chi connectivity index (χ3v) is 9.75. The lowest BCUT2D eigenvalue weighted by Gasteiger charge is -2.60. The van der Waals surface area contributed by atoms with Crippen molar-refractivity contribution >= 4 is 47.3 Å². The molecule has 4 aliphatic heterocycles. The second-order valence-electron chi connectivity index (χ2n) is 12.0. The SMILES string of the molecule is C[C@@H]1[C@H](OC(=O)/C=C/c2ccc(Cl)cc2)C[C@H]2[C@@H](C)[C@H](OC(=O)/C=C/c3ccc(Cl)cc3)O[C@@H]3O[C@@]4(C)CC[C@@H]1[C@]32OO4. The Labute approximate surface area is 260 Å². The Bertz CT molecular complexity index is 1410. The van der Waals surface area contributed by atoms with E-state index < -0.39 is 42.0 Å². The minimum atomic E-state index is -1.02. The molecule has 43 heavy (non-hydrogen) atoms. The number of carbonyl (C=O) groups is 2. The third-order valence-electron chi connectivity index (χ3n) is 9.25. The topological polar surface area (TPSA) is 89.5 Å². The molecule has 1 aliphatic carbocycles. The van der Waals surface area contributed by atoms with Crippen LogP contribution in [0.3, 0.4) is 0 Å². The molecule has 2 aromatic rings. The first-order valence-electron chi connectivity index (χ1n) is 14.5. The van der Waals surface area contributed by atoms with Gasteiger partial charge in [0.1, 0.15) is 6.10 Å². The highest BCUT2D eigenvalue weighted by molar-refractivity contribution is 6.30. The maximum atomic E-state index is 13.0. The zero-order chi connectivity index (χ0) is 30.4. The van der Waals surface area contributed by atoms with Crippen LogP contribution in [0.15, 0.2) is 60.7 Å². The maximum absolute atomic E-state index is 13.0. The standard InChI is InChI=1S/C33H34Cl2O8/c1-19-25-16-17-32(3)41-31-33(25,43-42-32)26(18-27(19)38-28(36)14-8-21-4-10-23(34)11-5-21)20(2)30(40-31)39-29(37)15-9-22-6-12-24(35)13-7-22/h4-15,19-20,25-27,30-31H,16-18H2,1-3H3/b14-8+,15-9+/t19-,20+,25-,26-,27+,30+,31+,32+,33+/m0/s1. The zero-order valence-corrected chi connectivity index (χ0v) is 25.6. The Kier molecular flexibility index (Phi) is 8.45. The monoisotopic (exact) mass is 628 g/mol. The number of halogens is 2. The average Bonchev–Trinajstić information content (AvgIpc) is 3.21. The summed E-state index contributed by atoms with van der Waals surface area (Å²) in [4.78, 5) is 38.0. The van der Waals surface area contributed by atoms with Crippen LogP contribution in [0.5, 0.6) is 0 Å². The summed E-state index contributed by atoms with van der Waals surface area (Å²) in [6, 6.07) is 14.3. The molecule has 9 atom stereocenters. The van der Waals surface area contributed by atoms with Crippen LogP contribution in [0, 0.1) is 23.7 Å². The maximum Gasteiger partial charge on any atom is 0.333 e. The van der Waals surface area contributed by atoms with Crippen LogP contribution >= 0.6 is 23.2 Å². The lowest BCUT2D eigenvalue weighted by molar-refractivity contribution is -0.577. The Balaban J connectivity index is 1.22. The molecule has 10 heteroatoms. The summed E-state index contributed by atoms with van der Waals surface area (Å²) in [5, 5.41) is 1.23. The molecule has 0 unspecified atom stereocenters. The van der Waals surface area contributed by atoms with E-state index in [4.69, 9.17) is 51.9 Å². The molecule has 0 N–H and O–H groups in total. The van der Waals surface area contributed by atoms with E-state index in [0.717, 1.165) is 17.5 Å². The number of hydrogen-bond acceptors (Lipinski definition) is 8. The van der Waals surface area contributed by atoms with Crippen LogP contribution in [-0.4, -0.2) is 42.0 Å². The molecule has 2 bridgehead atoms. The van der Waals surface area contributed by atoms with Gasteiger partial charge in [0.2, 0.25) is 12.1 Å². The number of rotatable bonds is 6. The number of ether oxygens (including phenoxy) is 4. The summed E-state index contributed by atoms with van der Waals surface area (Å²) in [5.74, 6) is -2.76. The lowest BCUT2D eigenvalue weighted by atomic mass is 9.57. The van der Waals surface area contributed by atoms with Crippen LogP contribution in [0.2, 0.25) is 10.0 Å². The quantitative estimate of drug-likeness (QED) is 0.192. The van der Waals surface area contributed by atoms with Gasteiger partial charge in [-0.15, -0.1) is 0 Å². The van der Waals surface area contributed by atoms with Crippen molar-refractivity contribution in [1.29, 1.82) is 0 Å². The normalized spacial score (nSPS) is 36.7. The molecule has 2 aromatic carbocycles. The molecule has 4 saturated heterocycles. The first-order chi connectivity index (χ1) is 20.6. The molecule has 228 valence electrons. The highest BCUT2D eigenvalue weighted by Gasteiger charge is 2.71. The molecule has 5 fully saturated rings. The van der Waals surface area contributed by atoms with Gasteiger partial charge in [-0.25, -0.2) is 19.4 Å². The van der Waals surface area contributed by atoms with E-state index in [1.165, 1.54) is 12.2 Å². The predicted molar refractivity (Wildman–Crippen MR) is 159 cm³/mol. The van der Waals surface area contributed by atoms with Gasteiger partial charge < -0.3 is 18.9 Å². The van der Waals surface area contributed by atoms with Gasteiger partial charge in [-0.2, -0.15) is 0 Å². The molecule has 7 rings (SSSR count). The number of carbonyl (C=O) groups excluding carboxylic acids is 2. The van der Waals surface area contributed by atoms with E-state index in [0.29, 0.717) is 22.9 Å². The van der Waals surface area contributed by atoms with Crippen molar-refractivity contribution in [2.45, 2.75) is 70.1 Å². The van der Waals surface area contributed by atoms with Crippen molar-refractivity contribution < 1.29 is 38.3 Å². The van der Waals surface area contributed by atoms with Gasteiger partial charge >= 0.3 is 11.9 Å². The second kappa shape index (κ2) is 12.0. The largest absolute Gasteiger partial charge is 0.459 e. The van der Waals surface area contributed by atoms with Gasteiger partial charge in [0.25, 0.3) is 0 Å². The molecule has 0 amide bonds. The van der Waals surface area contributed by atoms with E-state index in [1.54, 1.807) is 48.6 Å². The Morgan fingerprint density at radius 1 is 0.837 bits per heavy atom. The number of benzene rings is 2. The van der Waals surface area contributed by atoms with E-state index >= 15 is 0 Å².